The minimum Gasteiger partial charge on any atom is -0.507 e. The summed E-state index contributed by atoms with van der Waals surface area (Å²) in [4.78, 5) is 30.2. The predicted molar refractivity (Wildman–Crippen MR) is 112 cm³/mol. The highest BCUT2D eigenvalue weighted by Gasteiger charge is 2.60. The van der Waals surface area contributed by atoms with Crippen LogP contribution in [0, 0.1) is 5.92 Å². The Bertz CT molecular complexity index is 957. The quantitative estimate of drug-likeness (QED) is 0.453. The maximum atomic E-state index is 13.5. The first-order valence-electron chi connectivity index (χ1n) is 9.67. The molecule has 1 spiro atoms. The van der Waals surface area contributed by atoms with Gasteiger partial charge in [0.1, 0.15) is 22.1 Å². The molecule has 9 nitrogen and oxygen atoms in total. The summed E-state index contributed by atoms with van der Waals surface area (Å²) in [6.45, 7) is 2.15. The fraction of sp³-hybridized carbons (Fsp3) is 0.476. The second kappa shape index (κ2) is 9.25. The van der Waals surface area contributed by atoms with Crippen LogP contribution >= 0.6 is 11.6 Å². The number of rotatable bonds is 8. The number of carbonyl (C=O) groups excluding carboxylic acids is 2. The van der Waals surface area contributed by atoms with Gasteiger partial charge in [-0.1, -0.05) is 18.5 Å². The van der Waals surface area contributed by atoms with Crippen LogP contribution in [0.4, 0.5) is 0 Å². The summed E-state index contributed by atoms with van der Waals surface area (Å²) in [6, 6.07) is 1.47. The zero-order valence-electron chi connectivity index (χ0n) is 17.4. The van der Waals surface area contributed by atoms with E-state index in [1.807, 2.05) is 0 Å². The second-order valence-electron chi connectivity index (χ2n) is 7.13. The minimum absolute atomic E-state index is 0.0318. The van der Waals surface area contributed by atoms with Crippen LogP contribution in [0.2, 0.25) is 5.02 Å². The molecule has 10 heteroatoms. The van der Waals surface area contributed by atoms with Gasteiger partial charge in [-0.05, 0) is 0 Å². The SMILES string of the molecule is COc1cc(OC)c2c(c1Cl)O[C@]1(C2=O)C(O)=C(C=NCCOCCO)C(=O)C[C@H]1C. The average Bonchev–Trinajstić information content (AvgIpc) is 3.07. The third kappa shape index (κ3) is 3.77. The molecule has 31 heavy (non-hydrogen) atoms. The summed E-state index contributed by atoms with van der Waals surface area (Å²) in [5.74, 6) is -1.64. The van der Waals surface area contributed by atoms with Gasteiger partial charge in [0, 0.05) is 24.6 Å². The van der Waals surface area contributed by atoms with Gasteiger partial charge in [-0.15, -0.1) is 0 Å². The smallest absolute Gasteiger partial charge is 0.231 e. The molecule has 168 valence electrons. The first-order chi connectivity index (χ1) is 14.8. The first kappa shape index (κ1) is 23.1. The highest BCUT2D eigenvalue weighted by atomic mass is 35.5. The number of benzene rings is 1. The molecule has 0 saturated heterocycles. The van der Waals surface area contributed by atoms with Gasteiger partial charge in [0.05, 0.1) is 46.2 Å². The Morgan fingerprint density at radius 1 is 1.29 bits per heavy atom. The largest absolute Gasteiger partial charge is 0.507 e. The maximum absolute atomic E-state index is 13.5. The van der Waals surface area contributed by atoms with Crippen molar-refractivity contribution in [3.8, 4) is 17.2 Å². The van der Waals surface area contributed by atoms with E-state index in [-0.39, 0.29) is 72.0 Å². The van der Waals surface area contributed by atoms with Gasteiger partial charge in [0.15, 0.2) is 17.3 Å². The predicted octanol–water partition coefficient (Wildman–Crippen LogP) is 2.17. The van der Waals surface area contributed by atoms with Crippen molar-refractivity contribution in [1.82, 2.24) is 0 Å². The minimum atomic E-state index is -1.83. The molecule has 0 fully saturated rings. The number of aliphatic hydroxyl groups excluding tert-OH is 2. The monoisotopic (exact) mass is 453 g/mol. The standard InChI is InChI=1S/C21H24ClNO8/c1-11-8-13(25)12(10-23-4-6-30-7-5-24)19(26)21(11)20(27)16-14(28-2)9-15(29-3)17(22)18(16)31-21/h9-11,24,26H,4-8H2,1-3H3/t11-,21+/m1/s1. The number of ketones is 2. The summed E-state index contributed by atoms with van der Waals surface area (Å²) in [5.41, 5.74) is -1.85. The Kier molecular flexibility index (Phi) is 6.88. The molecular formula is C21H24ClNO8. The van der Waals surface area contributed by atoms with E-state index in [0.29, 0.717) is 0 Å². The number of methoxy groups -OCH3 is 2. The fourth-order valence-corrected chi connectivity index (χ4v) is 4.02. The van der Waals surface area contributed by atoms with Crippen molar-refractivity contribution < 1.29 is 38.7 Å². The third-order valence-corrected chi connectivity index (χ3v) is 5.69. The molecule has 0 saturated carbocycles. The molecule has 1 heterocycles. The second-order valence-corrected chi connectivity index (χ2v) is 7.51. The van der Waals surface area contributed by atoms with Crippen molar-refractivity contribution in [1.29, 1.82) is 0 Å². The molecule has 0 radical (unpaired) electrons. The number of Topliss-reactive ketones (excluding diaryl/α,β-unsaturated/α-hetero) is 2. The lowest BCUT2D eigenvalue weighted by Gasteiger charge is -2.36. The van der Waals surface area contributed by atoms with Crippen molar-refractivity contribution in [3.63, 3.8) is 0 Å². The molecule has 3 rings (SSSR count). The Labute approximate surface area is 184 Å². The summed E-state index contributed by atoms with van der Waals surface area (Å²) < 4.78 is 21.7. The van der Waals surface area contributed by atoms with E-state index < -0.39 is 23.1 Å². The molecule has 0 unspecified atom stereocenters. The number of aliphatic hydroxyl groups is 2. The average molecular weight is 454 g/mol. The number of aliphatic imine (C=N–C) groups is 1. The van der Waals surface area contributed by atoms with E-state index in [1.54, 1.807) is 6.92 Å². The number of hydrogen-bond acceptors (Lipinski definition) is 9. The van der Waals surface area contributed by atoms with Gasteiger partial charge in [-0.2, -0.15) is 0 Å². The molecular weight excluding hydrogens is 430 g/mol. The summed E-state index contributed by atoms with van der Waals surface area (Å²) in [5, 5.41) is 19.8. The highest BCUT2D eigenvalue weighted by Crippen LogP contribution is 2.54. The molecule has 1 aliphatic heterocycles. The molecule has 2 aliphatic rings. The Hall–Kier alpha value is -2.62. The molecule has 1 aromatic rings. The number of halogens is 1. The van der Waals surface area contributed by atoms with Gasteiger partial charge in [0.25, 0.3) is 0 Å². The fourth-order valence-electron chi connectivity index (χ4n) is 3.75. The highest BCUT2D eigenvalue weighted by molar-refractivity contribution is 6.35. The number of fused-ring (bicyclic) bond motifs is 1. The lowest BCUT2D eigenvalue weighted by Crippen LogP contribution is -2.52. The van der Waals surface area contributed by atoms with E-state index in [1.165, 1.54) is 26.5 Å². The summed E-state index contributed by atoms with van der Waals surface area (Å²) in [6.07, 6.45) is 1.18. The number of ether oxygens (including phenoxy) is 4. The van der Waals surface area contributed by atoms with Crippen LogP contribution in [0.5, 0.6) is 17.2 Å². The van der Waals surface area contributed by atoms with Crippen molar-refractivity contribution in [2.45, 2.75) is 18.9 Å². The Balaban J connectivity index is 2.03. The van der Waals surface area contributed by atoms with Crippen LogP contribution in [0.3, 0.4) is 0 Å². The lowest BCUT2D eigenvalue weighted by molar-refractivity contribution is -0.118. The van der Waals surface area contributed by atoms with E-state index in [0.717, 1.165) is 0 Å². The van der Waals surface area contributed by atoms with Crippen molar-refractivity contribution >= 4 is 29.4 Å². The lowest BCUT2D eigenvalue weighted by atomic mass is 9.73. The van der Waals surface area contributed by atoms with E-state index in [4.69, 9.17) is 35.7 Å². The summed E-state index contributed by atoms with van der Waals surface area (Å²) in [7, 11) is 2.80. The van der Waals surface area contributed by atoms with Crippen molar-refractivity contribution in [3.05, 3.63) is 28.0 Å². The van der Waals surface area contributed by atoms with E-state index in [9.17, 15) is 14.7 Å². The van der Waals surface area contributed by atoms with Gasteiger partial charge in [-0.3, -0.25) is 14.6 Å². The topological polar surface area (TPSA) is 124 Å². The van der Waals surface area contributed by atoms with Crippen LogP contribution < -0.4 is 14.2 Å². The van der Waals surface area contributed by atoms with Gasteiger partial charge >= 0.3 is 0 Å². The number of nitrogens with zero attached hydrogens (tertiary/aromatic N) is 1. The Morgan fingerprint density at radius 3 is 2.65 bits per heavy atom. The number of hydrogen-bond donors (Lipinski definition) is 2. The third-order valence-electron chi connectivity index (χ3n) is 5.33. The normalized spacial score (nSPS) is 22.9. The molecule has 0 amide bonds. The van der Waals surface area contributed by atoms with Crippen molar-refractivity contribution in [2.24, 2.45) is 10.9 Å². The first-order valence-corrected chi connectivity index (χ1v) is 10.0. The van der Waals surface area contributed by atoms with Gasteiger partial charge in [-0.25, -0.2) is 0 Å². The molecule has 2 N–H and O–H groups in total. The Morgan fingerprint density at radius 2 is 2.00 bits per heavy atom. The molecule has 1 aliphatic carbocycles. The summed E-state index contributed by atoms with van der Waals surface area (Å²) >= 11 is 6.38. The van der Waals surface area contributed by atoms with Crippen LogP contribution in [0.1, 0.15) is 23.7 Å². The number of allylic oxidation sites excluding steroid dienone is 1. The van der Waals surface area contributed by atoms with Crippen molar-refractivity contribution in [2.75, 3.05) is 40.6 Å². The maximum Gasteiger partial charge on any atom is 0.231 e. The zero-order valence-corrected chi connectivity index (χ0v) is 18.2. The van der Waals surface area contributed by atoms with Crippen LogP contribution in [-0.2, 0) is 9.53 Å². The molecule has 1 aromatic carbocycles. The zero-order chi connectivity index (χ0) is 22.8. The number of carbonyl (C=O) groups is 2. The van der Waals surface area contributed by atoms with E-state index in [2.05, 4.69) is 4.99 Å². The van der Waals surface area contributed by atoms with Gasteiger partial charge in [0.2, 0.25) is 11.4 Å². The molecule has 0 aromatic heterocycles. The molecule has 0 bridgehead atoms. The van der Waals surface area contributed by atoms with Crippen LogP contribution in [0.15, 0.2) is 22.4 Å². The van der Waals surface area contributed by atoms with Crippen LogP contribution in [0.25, 0.3) is 0 Å². The van der Waals surface area contributed by atoms with Crippen LogP contribution in [-0.4, -0.2) is 74.2 Å². The van der Waals surface area contributed by atoms with Gasteiger partial charge < -0.3 is 29.2 Å². The van der Waals surface area contributed by atoms with E-state index >= 15 is 0 Å². The molecule has 2 atom stereocenters.